The topological polar surface area (TPSA) is 79.0 Å². The van der Waals surface area contributed by atoms with E-state index in [-0.39, 0.29) is 23.9 Å². The van der Waals surface area contributed by atoms with Gasteiger partial charge in [-0.05, 0) is 25.5 Å². The highest BCUT2D eigenvalue weighted by Gasteiger charge is 2.33. The Kier molecular flexibility index (Phi) is 5.58. The minimum absolute atomic E-state index is 0. The number of ether oxygens (including phenoxy) is 1. The van der Waals surface area contributed by atoms with E-state index in [9.17, 15) is 4.79 Å². The number of H-pyrrole nitrogens is 1. The first kappa shape index (κ1) is 14.9. The fourth-order valence-electron chi connectivity index (χ4n) is 2.20. The van der Waals surface area contributed by atoms with Crippen molar-refractivity contribution in [3.63, 3.8) is 0 Å². The van der Waals surface area contributed by atoms with E-state index in [2.05, 4.69) is 20.8 Å². The van der Waals surface area contributed by atoms with Crippen molar-refractivity contribution in [1.29, 1.82) is 0 Å². The van der Waals surface area contributed by atoms with E-state index in [1.165, 1.54) is 0 Å². The number of methoxy groups -OCH3 is 1. The zero-order valence-electron chi connectivity index (χ0n) is 10.4. The summed E-state index contributed by atoms with van der Waals surface area (Å²) in [4.78, 5) is 11.8. The van der Waals surface area contributed by atoms with Crippen LogP contribution in [0.3, 0.4) is 0 Å². The number of aromatic nitrogens is 2. The molecule has 3 N–H and O–H groups in total. The summed E-state index contributed by atoms with van der Waals surface area (Å²) in [5.41, 5.74) is 0.361. The van der Waals surface area contributed by atoms with Crippen LogP contribution in [0.1, 0.15) is 23.3 Å². The molecule has 0 aromatic carbocycles. The molecule has 7 heteroatoms. The van der Waals surface area contributed by atoms with Crippen LogP contribution in [0.4, 0.5) is 0 Å². The molecule has 2 rings (SSSR count). The van der Waals surface area contributed by atoms with Crippen LogP contribution in [-0.2, 0) is 4.74 Å². The van der Waals surface area contributed by atoms with E-state index in [1.54, 1.807) is 19.4 Å². The van der Waals surface area contributed by atoms with Crippen molar-refractivity contribution in [1.82, 2.24) is 20.8 Å². The molecule has 18 heavy (non-hydrogen) atoms. The van der Waals surface area contributed by atoms with Gasteiger partial charge >= 0.3 is 0 Å². The molecular weight excluding hydrogens is 256 g/mol. The smallest absolute Gasteiger partial charge is 0.269 e. The number of hydrogen-bond acceptors (Lipinski definition) is 4. The summed E-state index contributed by atoms with van der Waals surface area (Å²) in [7, 11) is 1.68. The van der Waals surface area contributed by atoms with E-state index < -0.39 is 0 Å². The summed E-state index contributed by atoms with van der Waals surface area (Å²) in [5, 5.41) is 12.7. The van der Waals surface area contributed by atoms with Gasteiger partial charge in [-0.3, -0.25) is 9.89 Å². The first-order valence-electron chi connectivity index (χ1n) is 5.77. The van der Waals surface area contributed by atoms with Gasteiger partial charge in [-0.15, -0.1) is 12.4 Å². The molecular formula is C11H19ClN4O2. The standard InChI is InChI=1S/C11H18N4O2.ClH/c1-17-8-11(4-2-5-13-11)7-12-10(16)9-3-6-14-15-9;/h3,6,13H,2,4-5,7-8H2,1H3,(H,12,16)(H,14,15);1H. The van der Waals surface area contributed by atoms with E-state index in [0.29, 0.717) is 18.8 Å². The van der Waals surface area contributed by atoms with Crippen molar-refractivity contribution in [2.45, 2.75) is 18.4 Å². The van der Waals surface area contributed by atoms with Crippen LogP contribution in [0.2, 0.25) is 0 Å². The SMILES string of the molecule is COCC1(CNC(=O)c2ccn[nH]2)CCCN1.Cl. The molecule has 2 heterocycles. The van der Waals surface area contributed by atoms with Gasteiger partial charge in [0.15, 0.2) is 0 Å². The Morgan fingerprint density at radius 2 is 2.50 bits per heavy atom. The van der Waals surface area contributed by atoms with Gasteiger partial charge in [-0.2, -0.15) is 5.10 Å². The highest BCUT2D eigenvalue weighted by molar-refractivity contribution is 5.92. The number of carbonyl (C=O) groups excluding carboxylic acids is 1. The van der Waals surface area contributed by atoms with Crippen molar-refractivity contribution in [3.05, 3.63) is 18.0 Å². The van der Waals surface area contributed by atoms with Gasteiger partial charge in [0.2, 0.25) is 0 Å². The maximum atomic E-state index is 11.8. The number of amides is 1. The lowest BCUT2D eigenvalue weighted by molar-refractivity contribution is 0.0887. The summed E-state index contributed by atoms with van der Waals surface area (Å²) in [6.45, 7) is 2.15. The predicted molar refractivity (Wildman–Crippen MR) is 70.0 cm³/mol. The number of aromatic amines is 1. The average molecular weight is 275 g/mol. The average Bonchev–Trinajstić information content (AvgIpc) is 2.98. The molecule has 102 valence electrons. The van der Waals surface area contributed by atoms with Crippen molar-refractivity contribution in [2.24, 2.45) is 0 Å². The lowest BCUT2D eigenvalue weighted by Crippen LogP contribution is -2.53. The number of halogens is 1. The monoisotopic (exact) mass is 274 g/mol. The molecule has 0 radical (unpaired) electrons. The molecule has 0 bridgehead atoms. The fraction of sp³-hybridized carbons (Fsp3) is 0.636. The molecule has 1 aliphatic heterocycles. The Hall–Kier alpha value is -1.11. The highest BCUT2D eigenvalue weighted by atomic mass is 35.5. The van der Waals surface area contributed by atoms with Crippen LogP contribution >= 0.6 is 12.4 Å². The summed E-state index contributed by atoms with van der Waals surface area (Å²) in [6.07, 6.45) is 3.70. The first-order chi connectivity index (χ1) is 8.26. The Morgan fingerprint density at radius 3 is 3.06 bits per heavy atom. The van der Waals surface area contributed by atoms with Crippen LogP contribution in [0, 0.1) is 0 Å². The lowest BCUT2D eigenvalue weighted by atomic mass is 9.98. The van der Waals surface area contributed by atoms with Gasteiger partial charge in [0.05, 0.1) is 12.1 Å². The van der Waals surface area contributed by atoms with Crippen molar-refractivity contribution in [2.75, 3.05) is 26.8 Å². The number of hydrogen-bond donors (Lipinski definition) is 3. The van der Waals surface area contributed by atoms with Crippen LogP contribution in [-0.4, -0.2) is 48.4 Å². The van der Waals surface area contributed by atoms with Crippen LogP contribution in [0.25, 0.3) is 0 Å². The van der Waals surface area contributed by atoms with Gasteiger partial charge in [0.1, 0.15) is 5.69 Å². The van der Waals surface area contributed by atoms with Crippen molar-refractivity contribution >= 4 is 18.3 Å². The fourth-order valence-corrected chi connectivity index (χ4v) is 2.20. The maximum Gasteiger partial charge on any atom is 0.269 e. The first-order valence-corrected chi connectivity index (χ1v) is 5.77. The van der Waals surface area contributed by atoms with E-state index in [1.807, 2.05) is 0 Å². The third-order valence-electron chi connectivity index (χ3n) is 3.09. The normalized spacial score (nSPS) is 22.5. The Balaban J connectivity index is 0.00000162. The minimum atomic E-state index is -0.133. The zero-order chi connectivity index (χ0) is 12.1. The third kappa shape index (κ3) is 3.44. The van der Waals surface area contributed by atoms with Gasteiger partial charge in [0, 0.05) is 19.9 Å². The third-order valence-corrected chi connectivity index (χ3v) is 3.09. The number of carbonyl (C=O) groups is 1. The second-order valence-electron chi connectivity index (χ2n) is 4.40. The van der Waals surface area contributed by atoms with E-state index in [0.717, 1.165) is 19.4 Å². The summed E-state index contributed by atoms with van der Waals surface area (Å²) in [5.74, 6) is -0.133. The molecule has 1 amide bonds. The number of nitrogens with one attached hydrogen (secondary N) is 3. The molecule has 1 unspecified atom stereocenters. The molecule has 1 fully saturated rings. The lowest BCUT2D eigenvalue weighted by Gasteiger charge is -2.28. The van der Waals surface area contributed by atoms with Gasteiger partial charge in [-0.25, -0.2) is 0 Å². The molecule has 1 aromatic heterocycles. The Bertz CT molecular complexity index is 363. The molecule has 1 aromatic rings. The molecule has 6 nitrogen and oxygen atoms in total. The van der Waals surface area contributed by atoms with E-state index in [4.69, 9.17) is 4.74 Å². The van der Waals surface area contributed by atoms with Crippen molar-refractivity contribution < 1.29 is 9.53 Å². The second kappa shape index (κ2) is 6.72. The van der Waals surface area contributed by atoms with Crippen LogP contribution in [0.5, 0.6) is 0 Å². The van der Waals surface area contributed by atoms with Gasteiger partial charge in [-0.1, -0.05) is 0 Å². The number of rotatable bonds is 5. The summed E-state index contributed by atoms with van der Waals surface area (Å²) in [6, 6.07) is 1.65. The predicted octanol–water partition coefficient (Wildman–Crippen LogP) is 0.330. The molecule has 0 spiro atoms. The highest BCUT2D eigenvalue weighted by Crippen LogP contribution is 2.18. The van der Waals surface area contributed by atoms with E-state index >= 15 is 0 Å². The number of nitrogens with zero attached hydrogens (tertiary/aromatic N) is 1. The largest absolute Gasteiger partial charge is 0.383 e. The zero-order valence-corrected chi connectivity index (χ0v) is 11.2. The Labute approximate surface area is 112 Å². The summed E-state index contributed by atoms with van der Waals surface area (Å²) < 4.78 is 5.22. The van der Waals surface area contributed by atoms with Crippen LogP contribution < -0.4 is 10.6 Å². The molecule has 1 atom stereocenters. The van der Waals surface area contributed by atoms with Crippen LogP contribution in [0.15, 0.2) is 12.3 Å². The molecule has 1 aliphatic rings. The van der Waals surface area contributed by atoms with Gasteiger partial charge < -0.3 is 15.4 Å². The van der Waals surface area contributed by atoms with Gasteiger partial charge in [0.25, 0.3) is 5.91 Å². The molecule has 0 saturated carbocycles. The molecule has 1 saturated heterocycles. The maximum absolute atomic E-state index is 11.8. The second-order valence-corrected chi connectivity index (χ2v) is 4.40. The van der Waals surface area contributed by atoms with Crippen molar-refractivity contribution in [3.8, 4) is 0 Å². The summed E-state index contributed by atoms with van der Waals surface area (Å²) >= 11 is 0. The Morgan fingerprint density at radius 1 is 1.67 bits per heavy atom. The molecule has 0 aliphatic carbocycles. The quantitative estimate of drug-likeness (QED) is 0.723. The minimum Gasteiger partial charge on any atom is -0.383 e.